The number of ether oxygens (including phenoxy) is 1. The first-order chi connectivity index (χ1) is 23.1. The number of benzene rings is 3. The molecule has 250 valence electrons. The molecular formula is C36H38Cl2N6O4. The Morgan fingerprint density at radius 3 is 2.42 bits per heavy atom. The van der Waals surface area contributed by atoms with Crippen molar-refractivity contribution in [1.29, 1.82) is 0 Å². The molecule has 0 bridgehead atoms. The molecule has 0 radical (unpaired) electrons. The lowest BCUT2D eigenvalue weighted by Crippen LogP contribution is -2.44. The van der Waals surface area contributed by atoms with Crippen LogP contribution in [0.2, 0.25) is 10.0 Å². The Labute approximate surface area is 290 Å². The van der Waals surface area contributed by atoms with Crippen LogP contribution in [0, 0.1) is 6.92 Å². The first-order valence-corrected chi connectivity index (χ1v) is 16.3. The number of carbonyl (C=O) groups is 3. The third-order valence-electron chi connectivity index (χ3n) is 8.31. The molecule has 1 aliphatic rings. The molecule has 2 N–H and O–H groups in total. The second-order valence-electron chi connectivity index (χ2n) is 11.5. The number of amides is 3. The van der Waals surface area contributed by atoms with Gasteiger partial charge in [-0.15, -0.1) is 0 Å². The SMILES string of the molecule is CNC(=O)c1ccc(/C=C/C(=O)NCC(=O)N(C)c2ccc(Cl)c(COc3c(C)nc4ccccc4c3N3CCN(C)CC3)c2Cl)cc1. The highest BCUT2D eigenvalue weighted by Gasteiger charge is 2.24. The van der Waals surface area contributed by atoms with Crippen molar-refractivity contribution in [3.05, 3.63) is 99.2 Å². The fourth-order valence-electron chi connectivity index (χ4n) is 5.47. The maximum absolute atomic E-state index is 13.1. The van der Waals surface area contributed by atoms with Crippen LogP contribution in [0.3, 0.4) is 0 Å². The molecule has 3 amide bonds. The van der Waals surface area contributed by atoms with Crippen molar-refractivity contribution in [2.75, 3.05) is 63.7 Å². The van der Waals surface area contributed by atoms with Crippen molar-refractivity contribution < 1.29 is 19.1 Å². The highest BCUT2D eigenvalue weighted by Crippen LogP contribution is 2.40. The molecule has 5 rings (SSSR count). The topological polar surface area (TPSA) is 107 Å². The number of fused-ring (bicyclic) bond motifs is 1. The third kappa shape index (κ3) is 7.90. The first kappa shape index (κ1) is 34.7. The molecule has 1 aliphatic heterocycles. The number of hydrogen-bond donors (Lipinski definition) is 2. The van der Waals surface area contributed by atoms with Gasteiger partial charge < -0.3 is 30.1 Å². The van der Waals surface area contributed by atoms with Crippen molar-refractivity contribution in [3.63, 3.8) is 0 Å². The zero-order valence-corrected chi connectivity index (χ0v) is 28.9. The van der Waals surface area contributed by atoms with Gasteiger partial charge in [-0.1, -0.05) is 53.5 Å². The fourth-order valence-corrected chi connectivity index (χ4v) is 6.08. The van der Waals surface area contributed by atoms with Crippen molar-refractivity contribution in [1.82, 2.24) is 20.5 Å². The number of likely N-dealkylation sites (N-methyl/N-ethyl adjacent to an activating group) is 2. The van der Waals surface area contributed by atoms with Crippen LogP contribution in [-0.4, -0.2) is 81.5 Å². The van der Waals surface area contributed by atoms with Gasteiger partial charge in [0, 0.05) is 67.9 Å². The lowest BCUT2D eigenvalue weighted by atomic mass is 10.1. The Morgan fingerprint density at radius 1 is 1.00 bits per heavy atom. The minimum absolute atomic E-state index is 0.0563. The summed E-state index contributed by atoms with van der Waals surface area (Å²) in [5.41, 5.74) is 4.85. The normalized spacial score (nSPS) is 13.5. The highest BCUT2D eigenvalue weighted by atomic mass is 35.5. The molecule has 0 spiro atoms. The Bertz CT molecular complexity index is 1860. The van der Waals surface area contributed by atoms with Crippen molar-refractivity contribution in [2.24, 2.45) is 0 Å². The van der Waals surface area contributed by atoms with Gasteiger partial charge in [-0.3, -0.25) is 14.4 Å². The zero-order chi connectivity index (χ0) is 34.4. The van der Waals surface area contributed by atoms with E-state index in [2.05, 4.69) is 33.5 Å². The van der Waals surface area contributed by atoms with Gasteiger partial charge >= 0.3 is 0 Å². The van der Waals surface area contributed by atoms with Crippen molar-refractivity contribution in [2.45, 2.75) is 13.5 Å². The number of hydrogen-bond acceptors (Lipinski definition) is 7. The van der Waals surface area contributed by atoms with Crippen LogP contribution in [0.5, 0.6) is 5.75 Å². The van der Waals surface area contributed by atoms with Crippen molar-refractivity contribution >= 4 is 69.3 Å². The van der Waals surface area contributed by atoms with E-state index < -0.39 is 5.91 Å². The van der Waals surface area contributed by atoms with Gasteiger partial charge in [-0.05, 0) is 55.9 Å². The quantitative estimate of drug-likeness (QED) is 0.217. The second-order valence-corrected chi connectivity index (χ2v) is 12.3. The summed E-state index contributed by atoms with van der Waals surface area (Å²) in [6.45, 7) is 5.29. The molecule has 2 heterocycles. The van der Waals surface area contributed by atoms with Gasteiger partial charge in [0.1, 0.15) is 6.61 Å². The second kappa shape index (κ2) is 15.5. The van der Waals surface area contributed by atoms with Gasteiger partial charge in [-0.25, -0.2) is 4.98 Å². The van der Waals surface area contributed by atoms with Crippen LogP contribution in [-0.2, 0) is 16.2 Å². The summed E-state index contributed by atoms with van der Waals surface area (Å²) in [5.74, 6) is -0.356. The molecule has 0 saturated carbocycles. The summed E-state index contributed by atoms with van der Waals surface area (Å²) in [5, 5.41) is 6.85. The molecule has 0 unspecified atom stereocenters. The maximum atomic E-state index is 13.1. The average Bonchev–Trinajstić information content (AvgIpc) is 3.09. The minimum atomic E-state index is -0.445. The van der Waals surface area contributed by atoms with E-state index in [0.29, 0.717) is 27.6 Å². The number of nitrogens with one attached hydrogen (secondary N) is 2. The lowest BCUT2D eigenvalue weighted by Gasteiger charge is -2.35. The van der Waals surface area contributed by atoms with Gasteiger partial charge in [0.25, 0.3) is 5.91 Å². The molecule has 10 nitrogen and oxygen atoms in total. The van der Waals surface area contributed by atoms with E-state index in [1.165, 1.54) is 11.0 Å². The first-order valence-electron chi connectivity index (χ1n) is 15.5. The number of rotatable bonds is 10. The van der Waals surface area contributed by atoms with E-state index in [-0.39, 0.29) is 30.0 Å². The standard InChI is InChI=1S/C36H38Cl2N6O4/c1-23-35(34(44-19-17-42(3)18-20-44)26-7-5-6-8-29(26)41-23)48-22-27-28(37)14-15-30(33(27)38)43(4)32(46)21-40-31(45)16-11-24-9-12-25(13-10-24)36(47)39-2/h5-16H,17-22H2,1-4H3,(H,39,47)(H,40,45)/b16-11+. The monoisotopic (exact) mass is 688 g/mol. The zero-order valence-electron chi connectivity index (χ0n) is 27.3. The largest absolute Gasteiger partial charge is 0.485 e. The third-order valence-corrected chi connectivity index (χ3v) is 9.09. The van der Waals surface area contributed by atoms with Crippen LogP contribution < -0.4 is 25.2 Å². The van der Waals surface area contributed by atoms with Crippen LogP contribution in [0.1, 0.15) is 27.2 Å². The molecule has 1 aromatic heterocycles. The van der Waals surface area contributed by atoms with E-state index in [1.807, 2.05) is 25.1 Å². The van der Waals surface area contributed by atoms with E-state index in [9.17, 15) is 14.4 Å². The van der Waals surface area contributed by atoms with Gasteiger partial charge in [0.05, 0.1) is 34.2 Å². The number of pyridine rings is 1. The summed E-state index contributed by atoms with van der Waals surface area (Å²) < 4.78 is 6.49. The number of para-hydroxylation sites is 1. The smallest absolute Gasteiger partial charge is 0.251 e. The molecule has 1 fully saturated rings. The number of piperazine rings is 1. The van der Waals surface area contributed by atoms with Crippen LogP contribution in [0.15, 0.2) is 66.7 Å². The molecule has 3 aromatic carbocycles. The summed E-state index contributed by atoms with van der Waals surface area (Å²) in [6.07, 6.45) is 2.92. The molecule has 4 aromatic rings. The predicted octanol–water partition coefficient (Wildman–Crippen LogP) is 5.33. The summed E-state index contributed by atoms with van der Waals surface area (Å²) in [7, 11) is 5.26. The minimum Gasteiger partial charge on any atom is -0.485 e. The van der Waals surface area contributed by atoms with E-state index >= 15 is 0 Å². The summed E-state index contributed by atoms with van der Waals surface area (Å²) >= 11 is 13.5. The predicted molar refractivity (Wildman–Crippen MR) is 192 cm³/mol. The summed E-state index contributed by atoms with van der Waals surface area (Å²) in [6, 6.07) is 18.2. The Balaban J connectivity index is 1.28. The number of aryl methyl sites for hydroxylation is 1. The van der Waals surface area contributed by atoms with Crippen LogP contribution >= 0.6 is 23.2 Å². The van der Waals surface area contributed by atoms with E-state index in [0.717, 1.165) is 54.0 Å². The Kier molecular flexibility index (Phi) is 11.2. The molecule has 12 heteroatoms. The maximum Gasteiger partial charge on any atom is 0.251 e. The Morgan fingerprint density at radius 2 is 1.71 bits per heavy atom. The molecule has 0 aliphatic carbocycles. The van der Waals surface area contributed by atoms with E-state index in [1.54, 1.807) is 56.6 Å². The summed E-state index contributed by atoms with van der Waals surface area (Å²) in [4.78, 5) is 48.1. The molecule has 1 saturated heterocycles. The van der Waals surface area contributed by atoms with Gasteiger partial charge in [-0.2, -0.15) is 0 Å². The molecule has 0 atom stereocenters. The Hall–Kier alpha value is -4.64. The fraction of sp³-hybridized carbons (Fsp3) is 0.278. The number of nitrogens with zero attached hydrogens (tertiary/aromatic N) is 4. The number of anilines is 2. The number of halogens is 2. The molecular weight excluding hydrogens is 651 g/mol. The average molecular weight is 690 g/mol. The van der Waals surface area contributed by atoms with Gasteiger partial charge in [0.2, 0.25) is 11.8 Å². The van der Waals surface area contributed by atoms with Crippen LogP contribution in [0.25, 0.3) is 17.0 Å². The van der Waals surface area contributed by atoms with Gasteiger partial charge in [0.15, 0.2) is 5.75 Å². The van der Waals surface area contributed by atoms with Crippen molar-refractivity contribution in [3.8, 4) is 5.75 Å². The van der Waals surface area contributed by atoms with Crippen LogP contribution in [0.4, 0.5) is 11.4 Å². The van der Waals surface area contributed by atoms with E-state index in [4.69, 9.17) is 32.9 Å². The highest BCUT2D eigenvalue weighted by molar-refractivity contribution is 6.38. The number of carbonyl (C=O) groups excluding carboxylic acids is 3. The lowest BCUT2D eigenvalue weighted by molar-refractivity contribution is -0.122. The number of aromatic nitrogens is 1. The molecule has 48 heavy (non-hydrogen) atoms.